The van der Waals surface area contributed by atoms with Crippen LogP contribution in [-0.2, 0) is 6.42 Å². The van der Waals surface area contributed by atoms with Gasteiger partial charge < -0.3 is 9.80 Å². The van der Waals surface area contributed by atoms with Crippen molar-refractivity contribution in [3.8, 4) is 0 Å². The summed E-state index contributed by atoms with van der Waals surface area (Å²) in [5.74, 6) is 0.0476. The predicted molar refractivity (Wildman–Crippen MR) is 106 cm³/mol. The maximum Gasteiger partial charge on any atom is 0.273 e. The minimum atomic E-state index is 0.0476. The van der Waals surface area contributed by atoms with Crippen molar-refractivity contribution >= 4 is 29.0 Å². The van der Waals surface area contributed by atoms with Crippen LogP contribution in [0.15, 0.2) is 40.1 Å². The van der Waals surface area contributed by atoms with E-state index in [-0.39, 0.29) is 11.9 Å². The molecule has 25 heavy (non-hydrogen) atoms. The number of piperidine rings is 1. The normalized spacial score (nSPS) is 18.2. The number of thiazole rings is 1. The van der Waals surface area contributed by atoms with Crippen LogP contribution in [0.4, 0.5) is 0 Å². The molecule has 134 valence electrons. The molecule has 1 fully saturated rings. The highest BCUT2D eigenvalue weighted by atomic mass is 32.2. The first kappa shape index (κ1) is 18.4. The highest BCUT2D eigenvalue weighted by Gasteiger charge is 2.27. The zero-order valence-corrected chi connectivity index (χ0v) is 16.5. The molecule has 1 aliphatic rings. The van der Waals surface area contributed by atoms with Crippen LogP contribution in [0.3, 0.4) is 0 Å². The number of likely N-dealkylation sites (N-methyl/N-ethyl adjacent to an activating group) is 1. The third-order valence-electron chi connectivity index (χ3n) is 4.79. The molecule has 0 spiro atoms. The molecule has 0 radical (unpaired) electrons. The second-order valence-corrected chi connectivity index (χ2v) is 8.36. The molecule has 0 saturated carbocycles. The van der Waals surface area contributed by atoms with Crippen LogP contribution in [0.25, 0.3) is 0 Å². The Hall–Kier alpha value is -1.37. The van der Waals surface area contributed by atoms with Crippen LogP contribution in [0.1, 0.15) is 28.9 Å². The molecule has 3 rings (SSSR count). The molecule has 4 nitrogen and oxygen atoms in total. The van der Waals surface area contributed by atoms with Crippen LogP contribution < -0.4 is 0 Å². The molecule has 0 unspecified atom stereocenters. The van der Waals surface area contributed by atoms with Crippen molar-refractivity contribution < 1.29 is 4.79 Å². The summed E-state index contributed by atoms with van der Waals surface area (Å²) in [5.41, 5.74) is 1.96. The molecule has 1 atom stereocenters. The molecule has 1 amide bonds. The lowest BCUT2D eigenvalue weighted by Crippen LogP contribution is -2.49. The quantitative estimate of drug-likeness (QED) is 0.722. The lowest BCUT2D eigenvalue weighted by Gasteiger charge is -2.37. The Morgan fingerprint density at radius 1 is 1.40 bits per heavy atom. The van der Waals surface area contributed by atoms with Gasteiger partial charge in [-0.3, -0.25) is 4.79 Å². The van der Waals surface area contributed by atoms with Crippen molar-refractivity contribution in [2.75, 3.05) is 32.9 Å². The van der Waals surface area contributed by atoms with Crippen LogP contribution in [0.5, 0.6) is 0 Å². The molecule has 1 aliphatic heterocycles. The summed E-state index contributed by atoms with van der Waals surface area (Å²) in [7, 11) is 1.92. The number of hydrogen-bond acceptors (Lipinski definition) is 5. The standard InChI is InChI=1S/C19H25N3OS2/c1-21(18(23)17-14-25-19(20-17)24-2)16-9-6-11-22(13-16)12-10-15-7-4-3-5-8-15/h3-5,7-8,14,16H,6,9-13H2,1-2H3/t16-/m1/s1. The monoisotopic (exact) mass is 375 g/mol. The average Bonchev–Trinajstić information content (AvgIpc) is 3.15. The van der Waals surface area contributed by atoms with E-state index in [2.05, 4.69) is 40.2 Å². The largest absolute Gasteiger partial charge is 0.336 e. The van der Waals surface area contributed by atoms with Gasteiger partial charge in [0.15, 0.2) is 0 Å². The van der Waals surface area contributed by atoms with Gasteiger partial charge in [-0.25, -0.2) is 4.98 Å². The summed E-state index contributed by atoms with van der Waals surface area (Å²) in [6.07, 6.45) is 5.27. The highest BCUT2D eigenvalue weighted by Crippen LogP contribution is 2.22. The van der Waals surface area contributed by atoms with E-state index < -0.39 is 0 Å². The maximum absolute atomic E-state index is 12.7. The van der Waals surface area contributed by atoms with Crippen molar-refractivity contribution in [1.82, 2.24) is 14.8 Å². The highest BCUT2D eigenvalue weighted by molar-refractivity contribution is 8.00. The Balaban J connectivity index is 1.55. The van der Waals surface area contributed by atoms with Crippen LogP contribution in [0, 0.1) is 0 Å². The third kappa shape index (κ3) is 4.84. The lowest BCUT2D eigenvalue weighted by atomic mass is 10.0. The van der Waals surface area contributed by atoms with E-state index in [0.717, 1.165) is 43.2 Å². The number of carbonyl (C=O) groups excluding carboxylic acids is 1. The van der Waals surface area contributed by atoms with E-state index in [1.165, 1.54) is 5.56 Å². The minimum absolute atomic E-state index is 0.0476. The SMILES string of the molecule is CSc1nc(C(=O)N(C)[C@@H]2CCCN(CCc3ccccc3)C2)cs1. The Labute approximate surface area is 158 Å². The van der Waals surface area contributed by atoms with E-state index in [1.54, 1.807) is 23.1 Å². The zero-order valence-electron chi connectivity index (χ0n) is 14.9. The van der Waals surface area contributed by atoms with Gasteiger partial charge in [0.2, 0.25) is 0 Å². The Morgan fingerprint density at radius 3 is 2.92 bits per heavy atom. The van der Waals surface area contributed by atoms with Gasteiger partial charge in [0, 0.05) is 31.6 Å². The van der Waals surface area contributed by atoms with Crippen molar-refractivity contribution in [2.24, 2.45) is 0 Å². The van der Waals surface area contributed by atoms with Crippen molar-refractivity contribution in [1.29, 1.82) is 0 Å². The van der Waals surface area contributed by atoms with Crippen LogP contribution >= 0.6 is 23.1 Å². The van der Waals surface area contributed by atoms with Gasteiger partial charge in [-0.2, -0.15) is 0 Å². The molecule has 1 aromatic carbocycles. The first-order chi connectivity index (χ1) is 12.2. The van der Waals surface area contributed by atoms with E-state index in [4.69, 9.17) is 0 Å². The Morgan fingerprint density at radius 2 is 2.20 bits per heavy atom. The Kier molecular flexibility index (Phi) is 6.51. The molecule has 0 N–H and O–H groups in total. The van der Waals surface area contributed by atoms with Gasteiger partial charge in [-0.1, -0.05) is 42.1 Å². The molecular formula is C19H25N3OS2. The maximum atomic E-state index is 12.7. The molecule has 2 aromatic rings. The van der Waals surface area contributed by atoms with Gasteiger partial charge in [-0.05, 0) is 37.6 Å². The van der Waals surface area contributed by atoms with Gasteiger partial charge in [0.25, 0.3) is 5.91 Å². The fraction of sp³-hybridized carbons (Fsp3) is 0.474. The molecule has 0 aliphatic carbocycles. The molecular weight excluding hydrogens is 350 g/mol. The fourth-order valence-electron chi connectivity index (χ4n) is 3.28. The molecule has 6 heteroatoms. The van der Waals surface area contributed by atoms with Crippen molar-refractivity contribution in [3.05, 3.63) is 47.0 Å². The van der Waals surface area contributed by atoms with Crippen LogP contribution in [-0.4, -0.2) is 59.7 Å². The van der Waals surface area contributed by atoms with E-state index >= 15 is 0 Å². The summed E-state index contributed by atoms with van der Waals surface area (Å²) in [6, 6.07) is 10.9. The summed E-state index contributed by atoms with van der Waals surface area (Å²) in [4.78, 5) is 21.5. The number of hydrogen-bond donors (Lipinski definition) is 0. The summed E-state index contributed by atoms with van der Waals surface area (Å²) < 4.78 is 0.949. The second kappa shape index (κ2) is 8.83. The number of amides is 1. The minimum Gasteiger partial charge on any atom is -0.336 e. The number of nitrogens with zero attached hydrogens (tertiary/aromatic N) is 3. The van der Waals surface area contributed by atoms with Crippen LogP contribution in [0.2, 0.25) is 0 Å². The zero-order chi connectivity index (χ0) is 17.6. The molecule has 0 bridgehead atoms. The second-order valence-electron chi connectivity index (χ2n) is 6.45. The summed E-state index contributed by atoms with van der Waals surface area (Å²) in [6.45, 7) is 3.13. The topological polar surface area (TPSA) is 36.4 Å². The van der Waals surface area contributed by atoms with Crippen molar-refractivity contribution in [3.63, 3.8) is 0 Å². The summed E-state index contributed by atoms with van der Waals surface area (Å²) in [5, 5.41) is 1.88. The molecule has 2 heterocycles. The Bertz CT molecular complexity index is 689. The van der Waals surface area contributed by atoms with E-state index in [9.17, 15) is 4.79 Å². The molecule has 1 saturated heterocycles. The average molecular weight is 376 g/mol. The number of aromatic nitrogens is 1. The first-order valence-electron chi connectivity index (χ1n) is 8.70. The third-order valence-corrected chi connectivity index (χ3v) is 6.65. The van der Waals surface area contributed by atoms with Gasteiger partial charge >= 0.3 is 0 Å². The fourth-order valence-corrected chi connectivity index (χ4v) is 4.51. The smallest absolute Gasteiger partial charge is 0.273 e. The van der Waals surface area contributed by atoms with Crippen molar-refractivity contribution in [2.45, 2.75) is 29.6 Å². The number of carbonyl (C=O) groups is 1. The van der Waals surface area contributed by atoms with Gasteiger partial charge in [0.1, 0.15) is 10.0 Å². The van der Waals surface area contributed by atoms with E-state index in [1.807, 2.05) is 23.6 Å². The first-order valence-corrected chi connectivity index (χ1v) is 10.8. The predicted octanol–water partition coefficient (Wildman–Crippen LogP) is 3.64. The molecule has 1 aromatic heterocycles. The number of rotatable bonds is 6. The van der Waals surface area contributed by atoms with Gasteiger partial charge in [-0.15, -0.1) is 11.3 Å². The summed E-state index contributed by atoms with van der Waals surface area (Å²) >= 11 is 3.13. The number of benzene rings is 1. The lowest BCUT2D eigenvalue weighted by molar-refractivity contribution is 0.0614. The van der Waals surface area contributed by atoms with Gasteiger partial charge in [0.05, 0.1) is 0 Å². The number of thioether (sulfide) groups is 1. The van der Waals surface area contributed by atoms with E-state index in [0.29, 0.717) is 5.69 Å². The number of likely N-dealkylation sites (tertiary alicyclic amines) is 1.